The van der Waals surface area contributed by atoms with Crippen LogP contribution in [0.15, 0.2) is 122 Å². The zero-order valence-corrected chi connectivity index (χ0v) is 45.2. The van der Waals surface area contributed by atoms with Crippen molar-refractivity contribution >= 4 is 17.9 Å². The van der Waals surface area contributed by atoms with Gasteiger partial charge in [0, 0.05) is 19.3 Å². The van der Waals surface area contributed by atoms with Gasteiger partial charge in [-0.05, 0) is 109 Å². The number of hydrogen-bond acceptors (Lipinski definition) is 6. The molecule has 1 atom stereocenters. The van der Waals surface area contributed by atoms with Gasteiger partial charge in [-0.15, -0.1) is 0 Å². The summed E-state index contributed by atoms with van der Waals surface area (Å²) < 4.78 is 16.7. The molecule has 0 aliphatic rings. The number of carbonyl (C=O) groups is 3. The van der Waals surface area contributed by atoms with Crippen LogP contribution in [0.2, 0.25) is 0 Å². The molecule has 0 amide bonds. The third-order valence-electron chi connectivity index (χ3n) is 11.7. The van der Waals surface area contributed by atoms with E-state index in [0.29, 0.717) is 19.3 Å². The van der Waals surface area contributed by atoms with Crippen molar-refractivity contribution in [2.24, 2.45) is 0 Å². The number of rotatable bonds is 50. The summed E-state index contributed by atoms with van der Waals surface area (Å²) in [4.78, 5) is 37.9. The Morgan fingerprint density at radius 2 is 0.557 bits per heavy atom. The van der Waals surface area contributed by atoms with E-state index >= 15 is 0 Å². The fraction of sp³-hybridized carbons (Fsp3) is 0.641. The Hall–Kier alpha value is -4.19. The fourth-order valence-corrected chi connectivity index (χ4v) is 7.49. The molecule has 0 N–H and O–H groups in total. The van der Waals surface area contributed by atoms with Gasteiger partial charge in [0.15, 0.2) is 6.10 Å². The molecule has 1 unspecified atom stereocenters. The topological polar surface area (TPSA) is 78.9 Å². The lowest BCUT2D eigenvalue weighted by Crippen LogP contribution is -2.30. The molecule has 0 heterocycles. The molecule has 396 valence electrons. The van der Waals surface area contributed by atoms with E-state index in [1.807, 2.05) is 0 Å². The third-order valence-corrected chi connectivity index (χ3v) is 11.7. The normalized spacial score (nSPS) is 13.0. The Balaban J connectivity index is 4.20. The summed E-state index contributed by atoms with van der Waals surface area (Å²) >= 11 is 0. The Labute approximate surface area is 431 Å². The molecule has 0 aromatic carbocycles. The van der Waals surface area contributed by atoms with Crippen LogP contribution in [-0.4, -0.2) is 37.2 Å². The minimum atomic E-state index is -0.789. The number of unbranched alkanes of at least 4 members (excludes halogenated alkanes) is 19. The first kappa shape index (κ1) is 65.8. The third kappa shape index (κ3) is 54.7. The van der Waals surface area contributed by atoms with Crippen molar-refractivity contribution in [1.29, 1.82) is 0 Å². The molecule has 0 aromatic heterocycles. The molecule has 0 aliphatic heterocycles. The van der Waals surface area contributed by atoms with E-state index in [4.69, 9.17) is 14.2 Å². The van der Waals surface area contributed by atoms with Crippen molar-refractivity contribution < 1.29 is 28.6 Å². The maximum atomic E-state index is 12.8. The van der Waals surface area contributed by atoms with Gasteiger partial charge in [0.25, 0.3) is 0 Å². The van der Waals surface area contributed by atoms with Crippen LogP contribution in [0.1, 0.15) is 245 Å². The van der Waals surface area contributed by atoms with Gasteiger partial charge in [-0.25, -0.2) is 0 Å². The van der Waals surface area contributed by atoms with Gasteiger partial charge in [-0.2, -0.15) is 0 Å². The van der Waals surface area contributed by atoms with E-state index in [0.717, 1.165) is 141 Å². The van der Waals surface area contributed by atoms with Gasteiger partial charge in [0.05, 0.1) is 0 Å². The first-order chi connectivity index (χ1) is 34.5. The average Bonchev–Trinajstić information content (AvgIpc) is 3.36. The largest absolute Gasteiger partial charge is 0.462 e. The van der Waals surface area contributed by atoms with Gasteiger partial charge in [-0.3, -0.25) is 14.4 Å². The summed E-state index contributed by atoms with van der Waals surface area (Å²) in [6.07, 6.45) is 79.3. The second-order valence-electron chi connectivity index (χ2n) is 18.4. The van der Waals surface area contributed by atoms with Gasteiger partial charge < -0.3 is 14.2 Å². The second-order valence-corrected chi connectivity index (χ2v) is 18.4. The predicted molar refractivity (Wildman–Crippen MR) is 302 cm³/mol. The number of esters is 3. The summed E-state index contributed by atoms with van der Waals surface area (Å²) in [5, 5.41) is 0. The predicted octanol–water partition coefficient (Wildman–Crippen LogP) is 19.3. The van der Waals surface area contributed by atoms with Gasteiger partial charge in [0.1, 0.15) is 13.2 Å². The maximum absolute atomic E-state index is 12.8. The number of hydrogen-bond donors (Lipinski definition) is 0. The smallest absolute Gasteiger partial charge is 0.306 e. The highest BCUT2D eigenvalue weighted by molar-refractivity contribution is 5.71. The van der Waals surface area contributed by atoms with Crippen LogP contribution in [0.5, 0.6) is 0 Å². The van der Waals surface area contributed by atoms with Crippen LogP contribution >= 0.6 is 0 Å². The van der Waals surface area contributed by atoms with Crippen LogP contribution < -0.4 is 0 Å². The molecule has 0 fully saturated rings. The first-order valence-electron chi connectivity index (χ1n) is 28.5. The highest BCUT2D eigenvalue weighted by Gasteiger charge is 2.19. The molecule has 0 radical (unpaired) electrons. The molecule has 0 rings (SSSR count). The monoisotopic (exact) mass is 969 g/mol. The minimum absolute atomic E-state index is 0.0889. The Bertz CT molecular complexity index is 1490. The van der Waals surface area contributed by atoms with Gasteiger partial charge in [0.2, 0.25) is 0 Å². The van der Waals surface area contributed by atoms with Crippen LogP contribution in [0.3, 0.4) is 0 Å². The Morgan fingerprint density at radius 3 is 0.871 bits per heavy atom. The fourth-order valence-electron chi connectivity index (χ4n) is 7.49. The standard InChI is InChI=1S/C64H104O6/c1-4-7-10-13-16-18-20-22-24-26-28-29-30-31-32-33-34-35-37-38-40-42-44-46-48-51-54-57-63(66)69-60-61(59-68-62(65)56-53-50-15-12-9-6-3)70-64(67)58-55-52-49-47-45-43-41-39-36-27-25-23-21-19-17-14-11-8-5-2/h7-8,10-11,16-19,22-25,28-29,31-32,34-36,39,61H,4-6,9,12-15,20-21,26-27,30,33,37-38,40-60H2,1-3H3/b10-7-,11-8-,18-16-,19-17-,24-22-,25-23-,29-28-,32-31-,35-34-,39-36-. The van der Waals surface area contributed by atoms with Crippen LogP contribution in [0.4, 0.5) is 0 Å². The summed E-state index contributed by atoms with van der Waals surface area (Å²) in [6, 6.07) is 0. The molecule has 0 spiro atoms. The molecule has 6 nitrogen and oxygen atoms in total. The van der Waals surface area contributed by atoms with Crippen molar-refractivity contribution in [3.63, 3.8) is 0 Å². The molecular weight excluding hydrogens is 865 g/mol. The molecule has 0 aromatic rings. The van der Waals surface area contributed by atoms with Crippen molar-refractivity contribution in [2.75, 3.05) is 13.2 Å². The molecule has 0 aliphatic carbocycles. The van der Waals surface area contributed by atoms with Crippen molar-refractivity contribution in [1.82, 2.24) is 0 Å². The lowest BCUT2D eigenvalue weighted by atomic mass is 10.1. The lowest BCUT2D eigenvalue weighted by molar-refractivity contribution is -0.167. The van der Waals surface area contributed by atoms with E-state index in [2.05, 4.69) is 142 Å². The minimum Gasteiger partial charge on any atom is -0.462 e. The van der Waals surface area contributed by atoms with Crippen molar-refractivity contribution in [3.05, 3.63) is 122 Å². The average molecular weight is 970 g/mol. The summed E-state index contributed by atoms with van der Waals surface area (Å²) in [5.74, 6) is -0.924. The summed E-state index contributed by atoms with van der Waals surface area (Å²) in [5.41, 5.74) is 0. The molecule has 0 saturated carbocycles. The second kappa shape index (κ2) is 57.4. The van der Waals surface area contributed by atoms with Crippen LogP contribution in [0, 0.1) is 0 Å². The Kier molecular flexibility index (Phi) is 54.0. The molecule has 0 saturated heterocycles. The first-order valence-corrected chi connectivity index (χ1v) is 28.5. The highest BCUT2D eigenvalue weighted by Crippen LogP contribution is 2.14. The molecule has 70 heavy (non-hydrogen) atoms. The van der Waals surface area contributed by atoms with E-state index in [9.17, 15) is 14.4 Å². The Morgan fingerprint density at radius 1 is 0.300 bits per heavy atom. The number of allylic oxidation sites excluding steroid dienone is 20. The summed E-state index contributed by atoms with van der Waals surface area (Å²) in [6.45, 7) is 6.33. The SMILES string of the molecule is CC/C=C\C/C=C\C/C=C\C/C=C\C/C=C\C/C=C\CCCCCCCCCCC(=O)OCC(COC(=O)CCCCCCCC)OC(=O)CCCCCCCC/C=C\C/C=C\C/C=C\C/C=C\CC. The highest BCUT2D eigenvalue weighted by atomic mass is 16.6. The summed E-state index contributed by atoms with van der Waals surface area (Å²) in [7, 11) is 0. The molecule has 6 heteroatoms. The molecule has 0 bridgehead atoms. The van der Waals surface area contributed by atoms with Crippen molar-refractivity contribution in [2.45, 2.75) is 252 Å². The van der Waals surface area contributed by atoms with Crippen molar-refractivity contribution in [3.8, 4) is 0 Å². The number of carbonyl (C=O) groups excluding carboxylic acids is 3. The van der Waals surface area contributed by atoms with E-state index in [1.54, 1.807) is 0 Å². The van der Waals surface area contributed by atoms with Crippen LogP contribution in [-0.2, 0) is 28.6 Å². The molecular formula is C64H104O6. The zero-order valence-electron chi connectivity index (χ0n) is 45.2. The zero-order chi connectivity index (χ0) is 50.7. The van der Waals surface area contributed by atoms with Crippen LogP contribution in [0.25, 0.3) is 0 Å². The lowest BCUT2D eigenvalue weighted by Gasteiger charge is -2.18. The quantitative estimate of drug-likeness (QED) is 0.0262. The van der Waals surface area contributed by atoms with E-state index in [-0.39, 0.29) is 31.1 Å². The van der Waals surface area contributed by atoms with Gasteiger partial charge in [-0.1, -0.05) is 239 Å². The maximum Gasteiger partial charge on any atom is 0.306 e. The van der Waals surface area contributed by atoms with Gasteiger partial charge >= 0.3 is 17.9 Å². The number of ether oxygens (including phenoxy) is 3. The van der Waals surface area contributed by atoms with E-state index < -0.39 is 6.10 Å². The van der Waals surface area contributed by atoms with E-state index in [1.165, 1.54) is 64.2 Å².